The fraction of sp³-hybridized carbons (Fsp3) is 0.619. The van der Waals surface area contributed by atoms with E-state index in [1.807, 2.05) is 24.3 Å². The molecule has 2 fully saturated rings. The summed E-state index contributed by atoms with van der Waals surface area (Å²) in [5, 5.41) is 55.2. The van der Waals surface area contributed by atoms with Crippen LogP contribution in [0.2, 0.25) is 0 Å². The van der Waals surface area contributed by atoms with Crippen molar-refractivity contribution in [3.8, 4) is 11.5 Å². The number of ether oxygens (including phenoxy) is 2. The minimum absolute atomic E-state index is 0. The number of guanidine groups is 2. The summed E-state index contributed by atoms with van der Waals surface area (Å²) in [6, 6.07) is 16.3. The number of carbonyl (C=O) groups is 2. The van der Waals surface area contributed by atoms with Crippen molar-refractivity contribution in [3.05, 3.63) is 59.7 Å². The van der Waals surface area contributed by atoms with Crippen molar-refractivity contribution in [2.45, 2.75) is 87.2 Å². The average Bonchev–Trinajstić information content (AvgIpc) is 3.17. The molecule has 2 aromatic rings. The third-order valence-corrected chi connectivity index (χ3v) is 10.4. The fourth-order valence-corrected chi connectivity index (χ4v) is 7.16. The van der Waals surface area contributed by atoms with Gasteiger partial charge in [0.25, 0.3) is 0 Å². The second-order valence-electron chi connectivity index (χ2n) is 15.7. The number of carboxylic acid groups (broad SMARTS) is 2. The molecule has 2 saturated carbocycles. The maximum atomic E-state index is 11.1. The number of nitrogens with two attached hydrogens (primary N) is 2. The second-order valence-corrected chi connectivity index (χ2v) is 15.7. The first-order valence-corrected chi connectivity index (χ1v) is 19.7. The minimum Gasteiger partial charge on any atom is -0.548 e. The molecule has 0 aromatic heterocycles. The van der Waals surface area contributed by atoms with Crippen LogP contribution in [0, 0.1) is 10.8 Å². The van der Waals surface area contributed by atoms with E-state index in [-0.39, 0.29) is 59.9 Å². The number of aliphatic hydroxyl groups is 2. The van der Waals surface area contributed by atoms with Gasteiger partial charge >= 0.3 is 23.1 Å². The largest absolute Gasteiger partial charge is 2.00 e. The number of benzene rings is 2. The Bertz CT molecular complexity index is 1410. The first kappa shape index (κ1) is 55.1. The Hall–Kier alpha value is -3.87. The third-order valence-electron chi connectivity index (χ3n) is 10.4. The minimum atomic E-state index is -1.24. The molecule has 328 valence electrons. The predicted molar refractivity (Wildman–Crippen MR) is 230 cm³/mol. The Kier molecular flexibility index (Phi) is 26.0. The number of carbonyl (C=O) groups excluding carboxylic acids is 2. The van der Waals surface area contributed by atoms with E-state index in [0.29, 0.717) is 0 Å². The third kappa shape index (κ3) is 20.8. The van der Waals surface area contributed by atoms with E-state index >= 15 is 0 Å². The molecule has 2 aliphatic carbocycles. The van der Waals surface area contributed by atoms with Crippen LogP contribution in [0.15, 0.2) is 48.5 Å². The van der Waals surface area contributed by atoms with Gasteiger partial charge in [0.05, 0.1) is 50.4 Å². The van der Waals surface area contributed by atoms with Crippen LogP contribution < -0.4 is 31.2 Å². The molecule has 0 spiro atoms. The first-order chi connectivity index (χ1) is 27.2. The Labute approximate surface area is 368 Å². The van der Waals surface area contributed by atoms with Crippen LogP contribution >= 0.6 is 0 Å². The van der Waals surface area contributed by atoms with Crippen molar-refractivity contribution in [3.63, 3.8) is 0 Å². The summed E-state index contributed by atoms with van der Waals surface area (Å²) in [5.74, 6) is -0.966. The molecule has 59 heavy (non-hydrogen) atoms. The number of hydrogen-bond acceptors (Lipinski definition) is 12. The van der Waals surface area contributed by atoms with E-state index in [1.54, 1.807) is 14.2 Å². The molecule has 0 aliphatic heterocycles. The van der Waals surface area contributed by atoms with Crippen LogP contribution in [0.4, 0.5) is 0 Å². The average molecular weight is 839 g/mol. The summed E-state index contributed by atoms with van der Waals surface area (Å²) in [5.41, 5.74) is 11.1. The zero-order valence-electron chi connectivity index (χ0n) is 36.7. The number of nitrogens with zero attached hydrogens (tertiary/aromatic N) is 4. The SMILES string of the molecule is CN(CC(=O)[O-])C(=N)N.CN(CC(=O)[O-])C(=N)N.COc1ccc(C(CN(C)C)C2(O)CCCCC2)cc1.COc1ccc(C(CN(C)C)C2(O)CCCCC2)cc1.[Mg+2]. The number of rotatable bonds is 14. The standard InChI is InChI=1S/2C17H27NO2.2C4H9N3O2.Mg/c2*1-18(2)13-16(17(19)11-5-4-6-12-17)14-7-9-15(20-3)10-8-14;2*1-7(4(5)6)2-3(8)9;/h2*7-10,16,19H,4-6,11-13H2,1-3H3;2*2H2,1H3,(H3,5,6)(H,8,9);/q;;;;+2/p-2. The van der Waals surface area contributed by atoms with Gasteiger partial charge in [-0.3, -0.25) is 10.8 Å². The van der Waals surface area contributed by atoms with Gasteiger partial charge in [0.1, 0.15) is 11.5 Å². The normalized spacial score (nSPS) is 16.1. The van der Waals surface area contributed by atoms with Gasteiger partial charge in [-0.25, -0.2) is 0 Å². The van der Waals surface area contributed by atoms with Crippen LogP contribution in [0.1, 0.15) is 87.2 Å². The van der Waals surface area contributed by atoms with Crippen LogP contribution in [0.25, 0.3) is 0 Å². The van der Waals surface area contributed by atoms with E-state index < -0.39 is 23.1 Å². The quantitative estimate of drug-likeness (QED) is 0.0876. The molecule has 0 radical (unpaired) electrons. The van der Waals surface area contributed by atoms with Gasteiger partial charge in [-0.1, -0.05) is 62.8 Å². The Balaban J connectivity index is 0.000000810. The van der Waals surface area contributed by atoms with Crippen LogP contribution in [-0.2, 0) is 9.59 Å². The zero-order valence-corrected chi connectivity index (χ0v) is 38.1. The summed E-state index contributed by atoms with van der Waals surface area (Å²) >= 11 is 0. The van der Waals surface area contributed by atoms with E-state index in [4.69, 9.17) is 31.8 Å². The molecule has 17 heteroatoms. The van der Waals surface area contributed by atoms with Crippen molar-refractivity contribution in [1.29, 1.82) is 10.8 Å². The van der Waals surface area contributed by atoms with Gasteiger partial charge in [-0.2, -0.15) is 0 Å². The zero-order chi connectivity index (χ0) is 44.1. The molecule has 8 N–H and O–H groups in total. The summed E-state index contributed by atoms with van der Waals surface area (Å²) in [4.78, 5) is 26.1. The topological polar surface area (TPSA) is 252 Å². The van der Waals surface area contributed by atoms with E-state index in [9.17, 15) is 30.0 Å². The van der Waals surface area contributed by atoms with Gasteiger partial charge in [0.2, 0.25) is 0 Å². The fourth-order valence-electron chi connectivity index (χ4n) is 7.16. The molecule has 0 amide bonds. The maximum absolute atomic E-state index is 11.1. The Morgan fingerprint density at radius 2 is 0.898 bits per heavy atom. The molecule has 2 aromatic carbocycles. The number of methoxy groups -OCH3 is 2. The van der Waals surface area contributed by atoms with Crippen molar-refractivity contribution in [1.82, 2.24) is 19.6 Å². The molecule has 2 atom stereocenters. The number of likely N-dealkylation sites (N-methyl/N-ethyl adjacent to an activating group) is 4. The molecular formula is C42H70MgN8O8. The van der Waals surface area contributed by atoms with Crippen molar-refractivity contribution < 1.29 is 39.5 Å². The number of hydrogen-bond donors (Lipinski definition) is 6. The van der Waals surface area contributed by atoms with Crippen molar-refractivity contribution in [2.75, 3.05) is 82.7 Å². The molecular weight excluding hydrogens is 769 g/mol. The maximum Gasteiger partial charge on any atom is 2.00 e. The molecule has 4 rings (SSSR count). The van der Waals surface area contributed by atoms with Crippen LogP contribution in [0.5, 0.6) is 11.5 Å². The number of carboxylic acids is 2. The van der Waals surface area contributed by atoms with Crippen molar-refractivity contribution >= 4 is 46.9 Å². The molecule has 0 bridgehead atoms. The van der Waals surface area contributed by atoms with E-state index in [2.05, 4.69) is 62.3 Å². The van der Waals surface area contributed by atoms with E-state index in [0.717, 1.165) is 85.8 Å². The van der Waals surface area contributed by atoms with Gasteiger partial charge in [0.15, 0.2) is 11.9 Å². The van der Waals surface area contributed by atoms with Crippen LogP contribution in [-0.4, -0.2) is 171 Å². The second kappa shape index (κ2) is 27.8. The van der Waals surface area contributed by atoms with Gasteiger partial charge in [-0.05, 0) is 89.3 Å². The Morgan fingerprint density at radius 1 is 0.627 bits per heavy atom. The molecule has 0 saturated heterocycles. The van der Waals surface area contributed by atoms with Crippen molar-refractivity contribution in [2.24, 2.45) is 11.5 Å². The molecule has 2 unspecified atom stereocenters. The monoisotopic (exact) mass is 839 g/mol. The molecule has 16 nitrogen and oxygen atoms in total. The first-order valence-electron chi connectivity index (χ1n) is 19.7. The van der Waals surface area contributed by atoms with Gasteiger partial charge in [-0.15, -0.1) is 0 Å². The Morgan fingerprint density at radius 3 is 1.08 bits per heavy atom. The number of nitrogens with one attached hydrogen (secondary N) is 2. The number of aliphatic carboxylic acids is 2. The summed E-state index contributed by atoms with van der Waals surface area (Å²) in [6.45, 7) is 1.08. The molecule has 0 heterocycles. The summed E-state index contributed by atoms with van der Waals surface area (Å²) in [7, 11) is 14.5. The summed E-state index contributed by atoms with van der Waals surface area (Å²) < 4.78 is 10.5. The van der Waals surface area contributed by atoms with Gasteiger partial charge in [0, 0.05) is 39.0 Å². The van der Waals surface area contributed by atoms with E-state index in [1.165, 1.54) is 38.1 Å². The smallest absolute Gasteiger partial charge is 0.548 e. The van der Waals surface area contributed by atoms with Crippen LogP contribution in [0.3, 0.4) is 0 Å². The van der Waals surface area contributed by atoms with Gasteiger partial charge < -0.3 is 70.6 Å². The summed E-state index contributed by atoms with van der Waals surface area (Å²) in [6.07, 6.45) is 10.7. The molecule has 2 aliphatic rings. The predicted octanol–water partition coefficient (Wildman–Crippen LogP) is 0.814.